The van der Waals surface area contributed by atoms with Crippen LogP contribution in [-0.2, 0) is 16.0 Å². The molecule has 28 heavy (non-hydrogen) atoms. The van der Waals surface area contributed by atoms with Crippen molar-refractivity contribution >= 4 is 27.2 Å². The number of aliphatic hydroxyl groups is 2. The van der Waals surface area contributed by atoms with Crippen molar-refractivity contribution < 1.29 is 24.1 Å². The molecule has 3 aromatic rings. The molecule has 4 atom stereocenters. The van der Waals surface area contributed by atoms with Crippen LogP contribution in [0.1, 0.15) is 22.1 Å². The van der Waals surface area contributed by atoms with Crippen molar-refractivity contribution in [2.24, 2.45) is 5.73 Å². The second-order valence-corrected chi connectivity index (χ2v) is 8.07. The van der Waals surface area contributed by atoms with Gasteiger partial charge >= 0.3 is 0 Å². The largest absolute Gasteiger partial charge is 0.382 e. The van der Waals surface area contributed by atoms with Crippen LogP contribution in [-0.4, -0.2) is 40.9 Å². The van der Waals surface area contributed by atoms with Crippen LogP contribution in [0.25, 0.3) is 10.1 Å². The van der Waals surface area contributed by atoms with Gasteiger partial charge in [0.05, 0.1) is 0 Å². The quantitative estimate of drug-likeness (QED) is 0.624. The summed E-state index contributed by atoms with van der Waals surface area (Å²) >= 11 is 1.60. The van der Waals surface area contributed by atoms with Gasteiger partial charge in [0.15, 0.2) is 5.78 Å². The van der Waals surface area contributed by atoms with Crippen LogP contribution in [0.3, 0.4) is 0 Å². The lowest BCUT2D eigenvalue weighted by molar-refractivity contribution is -0.181. The van der Waals surface area contributed by atoms with Crippen LogP contribution in [0.15, 0.2) is 48.5 Å². The van der Waals surface area contributed by atoms with E-state index < -0.39 is 30.2 Å². The standard InChI is InChI=1S/C21H20FNO4S/c22-15-6-5-12(21-20(26)19(25)18(24)16(10-23)27-21)7-13(15)9-14-8-11-3-1-2-4-17(11)28-14/h1-8,16,18,20-21,24,26H,9-10,23H2/t16?,18-,20-,21?/m1/s1. The maximum absolute atomic E-state index is 14.4. The van der Waals surface area contributed by atoms with E-state index in [-0.39, 0.29) is 12.4 Å². The monoisotopic (exact) mass is 401 g/mol. The number of thiophene rings is 1. The fourth-order valence-corrected chi connectivity index (χ4v) is 4.60. The van der Waals surface area contributed by atoms with Crippen LogP contribution >= 0.6 is 11.3 Å². The highest BCUT2D eigenvalue weighted by Gasteiger charge is 2.43. The summed E-state index contributed by atoms with van der Waals surface area (Å²) in [5.74, 6) is -1.10. The summed E-state index contributed by atoms with van der Waals surface area (Å²) < 4.78 is 21.2. The Morgan fingerprint density at radius 3 is 2.64 bits per heavy atom. The van der Waals surface area contributed by atoms with Crippen molar-refractivity contribution in [1.29, 1.82) is 0 Å². The Hall–Kier alpha value is -2.16. The number of aliphatic hydroxyl groups excluding tert-OH is 2. The number of hydrogen-bond acceptors (Lipinski definition) is 6. The molecule has 0 bridgehead atoms. The van der Waals surface area contributed by atoms with Gasteiger partial charge in [-0.25, -0.2) is 4.39 Å². The first-order valence-electron chi connectivity index (χ1n) is 8.99. The van der Waals surface area contributed by atoms with E-state index in [2.05, 4.69) is 0 Å². The first-order valence-corrected chi connectivity index (χ1v) is 9.80. The van der Waals surface area contributed by atoms with Crippen molar-refractivity contribution in [3.05, 3.63) is 70.4 Å². The van der Waals surface area contributed by atoms with E-state index in [4.69, 9.17) is 10.5 Å². The highest BCUT2D eigenvalue weighted by Crippen LogP contribution is 2.33. The SMILES string of the molecule is NCC1OC(c2ccc(F)c(Cc3cc4ccccc4s3)c2)[C@H](O)C(=O)[C@@H]1O. The van der Waals surface area contributed by atoms with E-state index in [0.717, 1.165) is 15.0 Å². The highest BCUT2D eigenvalue weighted by atomic mass is 32.1. The predicted octanol–water partition coefficient (Wildman–Crippen LogP) is 2.32. The molecule has 2 heterocycles. The highest BCUT2D eigenvalue weighted by molar-refractivity contribution is 7.19. The number of halogens is 1. The average molecular weight is 401 g/mol. The number of ether oxygens (including phenoxy) is 1. The minimum atomic E-state index is -1.53. The third-order valence-electron chi connectivity index (χ3n) is 5.02. The molecular formula is C21H20FNO4S. The number of carbonyl (C=O) groups is 1. The maximum atomic E-state index is 14.4. The lowest BCUT2D eigenvalue weighted by Crippen LogP contribution is -2.53. The molecule has 0 spiro atoms. The molecule has 1 aromatic heterocycles. The number of ketones is 1. The molecule has 4 N–H and O–H groups in total. The molecule has 4 rings (SSSR count). The molecule has 1 aliphatic rings. The summed E-state index contributed by atoms with van der Waals surface area (Å²) in [4.78, 5) is 13.1. The Balaban J connectivity index is 1.64. The van der Waals surface area contributed by atoms with E-state index in [9.17, 15) is 19.4 Å². The van der Waals surface area contributed by atoms with Crippen LogP contribution < -0.4 is 5.73 Å². The fourth-order valence-electron chi connectivity index (χ4n) is 3.51. The van der Waals surface area contributed by atoms with E-state index in [0.29, 0.717) is 17.5 Å². The first-order chi connectivity index (χ1) is 13.5. The van der Waals surface area contributed by atoms with E-state index in [1.54, 1.807) is 17.4 Å². The number of carbonyl (C=O) groups excluding carboxylic acids is 1. The van der Waals surface area contributed by atoms with Gasteiger partial charge in [-0.05, 0) is 40.8 Å². The van der Waals surface area contributed by atoms with Gasteiger partial charge in [0.2, 0.25) is 0 Å². The van der Waals surface area contributed by atoms with E-state index in [1.807, 2.05) is 30.3 Å². The van der Waals surface area contributed by atoms with Gasteiger partial charge in [0.25, 0.3) is 0 Å². The summed E-state index contributed by atoms with van der Waals surface area (Å²) in [6, 6.07) is 14.4. The minimum absolute atomic E-state index is 0.0635. The molecule has 2 aromatic carbocycles. The van der Waals surface area contributed by atoms with E-state index in [1.165, 1.54) is 12.1 Å². The van der Waals surface area contributed by atoms with Gasteiger partial charge in [-0.15, -0.1) is 11.3 Å². The van der Waals surface area contributed by atoms with Crippen molar-refractivity contribution in [1.82, 2.24) is 0 Å². The molecule has 0 radical (unpaired) electrons. The number of Topliss-reactive ketones (excluding diaryl/α,β-unsaturated/α-hetero) is 1. The summed E-state index contributed by atoms with van der Waals surface area (Å²) in [6.45, 7) is -0.0635. The van der Waals surface area contributed by atoms with Crippen molar-refractivity contribution in [3.8, 4) is 0 Å². The van der Waals surface area contributed by atoms with Crippen molar-refractivity contribution in [2.75, 3.05) is 6.54 Å². The lowest BCUT2D eigenvalue weighted by Gasteiger charge is -2.36. The number of rotatable bonds is 4. The number of nitrogens with two attached hydrogens (primary N) is 1. The molecule has 1 fully saturated rings. The Kier molecular flexibility index (Phi) is 5.27. The normalized spacial score (nSPS) is 25.4. The zero-order chi connectivity index (χ0) is 19.8. The average Bonchev–Trinajstić information content (AvgIpc) is 3.11. The van der Waals surface area contributed by atoms with Gasteiger partial charge in [0, 0.05) is 22.5 Å². The third kappa shape index (κ3) is 3.47. The minimum Gasteiger partial charge on any atom is -0.382 e. The Morgan fingerprint density at radius 1 is 1.11 bits per heavy atom. The lowest BCUT2D eigenvalue weighted by atomic mass is 9.91. The number of benzene rings is 2. The molecule has 2 unspecified atom stereocenters. The van der Waals surface area contributed by atoms with Crippen LogP contribution in [0, 0.1) is 5.82 Å². The van der Waals surface area contributed by atoms with Crippen LogP contribution in [0.5, 0.6) is 0 Å². The Morgan fingerprint density at radius 2 is 1.89 bits per heavy atom. The van der Waals surface area contributed by atoms with Crippen molar-refractivity contribution in [2.45, 2.75) is 30.8 Å². The smallest absolute Gasteiger partial charge is 0.195 e. The topological polar surface area (TPSA) is 92.8 Å². The molecule has 0 amide bonds. The second kappa shape index (κ2) is 7.69. The molecule has 5 nitrogen and oxygen atoms in total. The number of fused-ring (bicyclic) bond motifs is 1. The molecule has 146 valence electrons. The third-order valence-corrected chi connectivity index (χ3v) is 6.13. The summed E-state index contributed by atoms with van der Waals surface area (Å²) in [5, 5.41) is 21.2. The molecule has 0 saturated carbocycles. The van der Waals surface area contributed by atoms with Crippen LogP contribution in [0.4, 0.5) is 4.39 Å². The number of hydrogen-bond donors (Lipinski definition) is 3. The van der Waals surface area contributed by atoms with Gasteiger partial charge in [-0.1, -0.05) is 24.3 Å². The summed E-state index contributed by atoms with van der Waals surface area (Å²) in [5.41, 5.74) is 6.48. The van der Waals surface area contributed by atoms with Gasteiger partial charge in [0.1, 0.15) is 30.2 Å². The summed E-state index contributed by atoms with van der Waals surface area (Å²) in [7, 11) is 0. The zero-order valence-electron chi connectivity index (χ0n) is 14.9. The first kappa shape index (κ1) is 19.2. The fraction of sp³-hybridized carbons (Fsp3) is 0.286. The Bertz CT molecular complexity index is 988. The molecule has 0 aliphatic carbocycles. The summed E-state index contributed by atoms with van der Waals surface area (Å²) in [6.07, 6.45) is -4.50. The van der Waals surface area contributed by atoms with Gasteiger partial charge in [-0.2, -0.15) is 0 Å². The molecule has 7 heteroatoms. The second-order valence-electron chi connectivity index (χ2n) is 6.90. The molecule has 1 aliphatic heterocycles. The zero-order valence-corrected chi connectivity index (χ0v) is 15.7. The maximum Gasteiger partial charge on any atom is 0.195 e. The van der Waals surface area contributed by atoms with Gasteiger partial charge in [-0.3, -0.25) is 4.79 Å². The Labute approximate surface area is 165 Å². The van der Waals surface area contributed by atoms with Crippen molar-refractivity contribution in [3.63, 3.8) is 0 Å². The van der Waals surface area contributed by atoms with Crippen LogP contribution in [0.2, 0.25) is 0 Å². The molecule has 1 saturated heterocycles. The molecular weight excluding hydrogens is 381 g/mol. The predicted molar refractivity (Wildman–Crippen MR) is 105 cm³/mol. The van der Waals surface area contributed by atoms with Gasteiger partial charge < -0.3 is 20.7 Å². The van der Waals surface area contributed by atoms with E-state index >= 15 is 0 Å².